The Morgan fingerprint density at radius 2 is 0.929 bits per heavy atom. The second kappa shape index (κ2) is 15.3. The van der Waals surface area contributed by atoms with Crippen molar-refractivity contribution in [3.63, 3.8) is 0 Å². The second-order valence-electron chi connectivity index (χ2n) is 9.40. The van der Waals surface area contributed by atoms with Crippen LogP contribution in [0, 0.1) is 0 Å². The molecule has 0 aliphatic heterocycles. The van der Waals surface area contributed by atoms with E-state index in [1.54, 1.807) is 72.8 Å². The van der Waals surface area contributed by atoms with Gasteiger partial charge in [0.05, 0.1) is 38.6 Å². The van der Waals surface area contributed by atoms with Crippen LogP contribution >= 0.6 is 0 Å². The Balaban J connectivity index is 1.36. The van der Waals surface area contributed by atoms with Crippen molar-refractivity contribution >= 4 is 40.8 Å². The van der Waals surface area contributed by atoms with Crippen LogP contribution in [0.15, 0.2) is 72.8 Å². The molecule has 42 heavy (non-hydrogen) atoms. The number of hydrogen-bond acceptors (Lipinski definition) is 12. The van der Waals surface area contributed by atoms with E-state index < -0.39 is 29.4 Å². The van der Waals surface area contributed by atoms with Gasteiger partial charge >= 0.3 is 29.4 Å². The second-order valence-corrected chi connectivity index (χ2v) is 14.2. The Hall–Kier alpha value is -3.93. The number of nitrogens with one attached hydrogen (secondary N) is 2. The molecule has 14 heteroatoms. The normalized spacial score (nSPS) is 11.4. The third-order valence-electron chi connectivity index (χ3n) is 6.00. The van der Waals surface area contributed by atoms with Crippen LogP contribution in [-0.2, 0) is 9.47 Å². The van der Waals surface area contributed by atoms with Crippen LogP contribution in [0.25, 0.3) is 0 Å². The maximum absolute atomic E-state index is 11.5. The molecule has 0 fully saturated rings. The summed E-state index contributed by atoms with van der Waals surface area (Å²) < 4.78 is 20.5. The van der Waals surface area contributed by atoms with Gasteiger partial charge < -0.3 is 48.1 Å². The molecule has 3 aromatic carbocycles. The molecule has 0 spiro atoms. The lowest BCUT2D eigenvalue weighted by molar-refractivity contribution is 0.0591. The highest BCUT2D eigenvalue weighted by atomic mass is 28.4. The van der Waals surface area contributed by atoms with Crippen molar-refractivity contribution in [3.8, 4) is 11.5 Å². The minimum absolute atomic E-state index is 0.105. The topological polar surface area (TPSA) is 176 Å². The first-order chi connectivity index (χ1) is 20.0. The molecule has 0 aromatic heterocycles. The van der Waals surface area contributed by atoms with Crippen molar-refractivity contribution in [2.24, 2.45) is 0 Å². The monoisotopic (exact) mass is 616 g/mol. The number of hydrogen-bond donors (Lipinski definition) is 6. The minimum atomic E-state index is -3.77. The third-order valence-corrected chi connectivity index (χ3v) is 9.48. The molecule has 0 bridgehead atoms. The van der Waals surface area contributed by atoms with Gasteiger partial charge in [0.25, 0.3) is 0 Å². The van der Waals surface area contributed by atoms with Crippen LogP contribution in [0.4, 0.5) is 11.4 Å². The Morgan fingerprint density at radius 1 is 0.595 bits per heavy atom. The lowest BCUT2D eigenvalue weighted by Crippen LogP contribution is -2.45. The number of carbonyl (C=O) groups excluding carboxylic acids is 2. The van der Waals surface area contributed by atoms with Gasteiger partial charge in [0.2, 0.25) is 0 Å². The standard InChI is InChI=1S/C28H36N2O10Si2/c1-37-27(31)21-5-13-25(14-6-21)39-17-3-19-41(33,34)29-23-9-11-24(12-10-23)30-42(35,36)20-4-18-40-26-15-7-22(8-16-26)28(32)38-2/h5-16,29-30,33-36H,3-4,17-20H2,1-2H3. The Labute approximate surface area is 246 Å². The quantitative estimate of drug-likeness (QED) is 0.0790. The fourth-order valence-corrected chi connectivity index (χ4v) is 6.63. The van der Waals surface area contributed by atoms with Gasteiger partial charge in [0.1, 0.15) is 11.5 Å². The maximum Gasteiger partial charge on any atom is 0.451 e. The van der Waals surface area contributed by atoms with Gasteiger partial charge in [-0.1, -0.05) is 0 Å². The van der Waals surface area contributed by atoms with Gasteiger partial charge in [-0.3, -0.25) is 0 Å². The van der Waals surface area contributed by atoms with Crippen LogP contribution in [0.3, 0.4) is 0 Å². The fraction of sp³-hybridized carbons (Fsp3) is 0.286. The molecule has 0 heterocycles. The minimum Gasteiger partial charge on any atom is -0.494 e. The molecule has 0 radical (unpaired) electrons. The first-order valence-electron chi connectivity index (χ1n) is 13.2. The summed E-state index contributed by atoms with van der Waals surface area (Å²) in [5.74, 6) is 0.221. The summed E-state index contributed by atoms with van der Waals surface area (Å²) in [6.45, 7) is 0.509. The van der Waals surface area contributed by atoms with Crippen LogP contribution < -0.4 is 19.4 Å². The van der Waals surface area contributed by atoms with Crippen molar-refractivity contribution in [2.45, 2.75) is 24.9 Å². The fourth-order valence-electron chi connectivity index (χ4n) is 3.85. The van der Waals surface area contributed by atoms with Crippen molar-refractivity contribution in [2.75, 3.05) is 37.4 Å². The van der Waals surface area contributed by atoms with Crippen LogP contribution in [0.1, 0.15) is 33.6 Å². The summed E-state index contributed by atoms with van der Waals surface area (Å²) in [6.07, 6.45) is 0.770. The molecule has 0 saturated heterocycles. The maximum atomic E-state index is 11.5. The lowest BCUT2D eigenvalue weighted by Gasteiger charge is -2.22. The number of carbonyl (C=O) groups is 2. The summed E-state index contributed by atoms with van der Waals surface area (Å²) in [5, 5.41) is 0. The largest absolute Gasteiger partial charge is 0.494 e. The molecular formula is C28H36N2O10Si2. The molecule has 0 unspecified atom stereocenters. The predicted molar refractivity (Wildman–Crippen MR) is 159 cm³/mol. The van der Waals surface area contributed by atoms with Gasteiger partial charge in [0.15, 0.2) is 0 Å². The van der Waals surface area contributed by atoms with E-state index >= 15 is 0 Å². The zero-order valence-electron chi connectivity index (χ0n) is 23.4. The van der Waals surface area contributed by atoms with E-state index in [0.717, 1.165) is 0 Å². The van der Waals surface area contributed by atoms with E-state index in [2.05, 4.69) is 19.4 Å². The molecule has 12 nitrogen and oxygen atoms in total. The summed E-state index contributed by atoms with van der Waals surface area (Å²) in [7, 11) is -4.94. The molecular weight excluding hydrogens is 580 g/mol. The van der Waals surface area contributed by atoms with Crippen LogP contribution in [0.5, 0.6) is 11.5 Å². The molecule has 0 aliphatic rings. The summed E-state index contributed by atoms with van der Waals surface area (Å²) in [6, 6.07) is 19.6. The molecule has 3 aromatic rings. The molecule has 3 rings (SSSR count). The first kappa shape index (κ1) is 32.6. The van der Waals surface area contributed by atoms with Crippen molar-refractivity contribution in [1.82, 2.24) is 0 Å². The van der Waals surface area contributed by atoms with E-state index in [1.165, 1.54) is 14.2 Å². The zero-order valence-corrected chi connectivity index (χ0v) is 25.4. The number of esters is 2. The number of rotatable bonds is 16. The van der Waals surface area contributed by atoms with Gasteiger partial charge in [-0.25, -0.2) is 9.59 Å². The number of benzene rings is 3. The molecule has 0 aliphatic carbocycles. The summed E-state index contributed by atoms with van der Waals surface area (Å²) >= 11 is 0. The predicted octanol–water partition coefficient (Wildman–Crippen LogP) is 2.87. The number of ether oxygens (including phenoxy) is 4. The lowest BCUT2D eigenvalue weighted by atomic mass is 10.2. The van der Waals surface area contributed by atoms with Gasteiger partial charge in [-0.15, -0.1) is 0 Å². The molecule has 6 N–H and O–H groups in total. The number of methoxy groups -OCH3 is 2. The SMILES string of the molecule is COC(=O)c1ccc(OCCC[Si](O)(O)Nc2ccc(N[Si](O)(O)CCCOc3ccc(C(=O)OC)cc3)cc2)cc1. The highest BCUT2D eigenvalue weighted by Gasteiger charge is 2.31. The summed E-state index contributed by atoms with van der Waals surface area (Å²) in [4.78, 5) is 70.3. The van der Waals surface area contributed by atoms with E-state index in [0.29, 0.717) is 46.8 Å². The van der Waals surface area contributed by atoms with Gasteiger partial charge in [-0.05, 0) is 85.6 Å². The third kappa shape index (κ3) is 10.8. The van der Waals surface area contributed by atoms with Crippen molar-refractivity contribution in [1.29, 1.82) is 0 Å². The van der Waals surface area contributed by atoms with E-state index in [-0.39, 0.29) is 25.3 Å². The van der Waals surface area contributed by atoms with Gasteiger partial charge in [0, 0.05) is 23.5 Å². The highest BCUT2D eigenvalue weighted by molar-refractivity contribution is 6.68. The van der Waals surface area contributed by atoms with Crippen molar-refractivity contribution in [3.05, 3.63) is 83.9 Å². The number of anilines is 2. The average molecular weight is 617 g/mol. The Bertz CT molecular complexity index is 1190. The smallest absolute Gasteiger partial charge is 0.451 e. The highest BCUT2D eigenvalue weighted by Crippen LogP contribution is 2.20. The van der Waals surface area contributed by atoms with E-state index in [1.807, 2.05) is 0 Å². The summed E-state index contributed by atoms with van der Waals surface area (Å²) in [5.41, 5.74) is 1.77. The Morgan fingerprint density at radius 3 is 1.24 bits per heavy atom. The Kier molecular flexibility index (Phi) is 11.9. The molecule has 0 amide bonds. The van der Waals surface area contributed by atoms with E-state index in [4.69, 9.17) is 9.47 Å². The van der Waals surface area contributed by atoms with Crippen LogP contribution in [-0.4, -0.2) is 76.0 Å². The van der Waals surface area contributed by atoms with Gasteiger partial charge in [-0.2, -0.15) is 0 Å². The van der Waals surface area contributed by atoms with E-state index in [9.17, 15) is 28.8 Å². The average Bonchev–Trinajstić information content (AvgIpc) is 2.98. The molecule has 226 valence electrons. The van der Waals surface area contributed by atoms with Crippen molar-refractivity contribution < 1.29 is 47.7 Å². The zero-order chi connectivity index (χ0) is 30.6. The molecule has 0 atom stereocenters. The first-order valence-corrected chi connectivity index (χ1v) is 17.4. The molecule has 0 saturated carbocycles. The van der Waals surface area contributed by atoms with Crippen LogP contribution in [0.2, 0.25) is 12.1 Å².